The zero-order valence-electron chi connectivity index (χ0n) is 18.3. The second-order valence-electron chi connectivity index (χ2n) is 7.06. The minimum atomic E-state index is -1.21. The van der Waals surface area contributed by atoms with Gasteiger partial charge in [-0.05, 0) is 48.5 Å². The van der Waals surface area contributed by atoms with Crippen molar-refractivity contribution in [3.05, 3.63) is 109 Å². The fourth-order valence-electron chi connectivity index (χ4n) is 3.10. The lowest BCUT2D eigenvalue weighted by atomic mass is 10.1. The second-order valence-corrected chi connectivity index (χ2v) is 7.06. The Morgan fingerprint density at radius 2 is 1.62 bits per heavy atom. The van der Waals surface area contributed by atoms with E-state index in [4.69, 9.17) is 14.2 Å². The molecule has 34 heavy (non-hydrogen) atoms. The normalized spacial score (nSPS) is 11.2. The zero-order valence-corrected chi connectivity index (χ0v) is 18.3. The molecule has 4 aromatic rings. The molecular formula is C26H21N3O5. The SMILES string of the molecule is COc1ccc(NC(=O)C(OC(=O)c2cccnc2Oc2cccnc2)c2ccccc2)cc1. The smallest absolute Gasteiger partial charge is 0.344 e. The van der Waals surface area contributed by atoms with Crippen LogP contribution in [0.5, 0.6) is 17.4 Å². The predicted octanol–water partition coefficient (Wildman–Crippen LogP) is 4.81. The first-order chi connectivity index (χ1) is 16.6. The van der Waals surface area contributed by atoms with Gasteiger partial charge < -0.3 is 19.5 Å². The van der Waals surface area contributed by atoms with Crippen LogP contribution in [-0.4, -0.2) is 29.0 Å². The van der Waals surface area contributed by atoms with Crippen LogP contribution in [0.1, 0.15) is 22.0 Å². The third kappa shape index (κ3) is 5.55. The van der Waals surface area contributed by atoms with E-state index < -0.39 is 18.0 Å². The van der Waals surface area contributed by atoms with Crippen LogP contribution in [0.3, 0.4) is 0 Å². The molecule has 0 radical (unpaired) electrons. The first-order valence-electron chi connectivity index (χ1n) is 10.4. The van der Waals surface area contributed by atoms with Crippen molar-refractivity contribution in [3.8, 4) is 17.4 Å². The molecule has 0 fully saturated rings. The van der Waals surface area contributed by atoms with Crippen molar-refractivity contribution in [2.75, 3.05) is 12.4 Å². The third-order valence-electron chi connectivity index (χ3n) is 4.76. The summed E-state index contributed by atoms with van der Waals surface area (Å²) in [6, 6.07) is 22.1. The van der Waals surface area contributed by atoms with Gasteiger partial charge in [0.1, 0.15) is 17.1 Å². The van der Waals surface area contributed by atoms with E-state index in [9.17, 15) is 9.59 Å². The molecule has 4 rings (SSSR count). The van der Waals surface area contributed by atoms with E-state index in [0.29, 0.717) is 22.7 Å². The summed E-state index contributed by atoms with van der Waals surface area (Å²) < 4.78 is 16.5. The number of carbonyl (C=O) groups excluding carboxylic acids is 2. The van der Waals surface area contributed by atoms with Gasteiger partial charge in [-0.3, -0.25) is 9.78 Å². The maximum absolute atomic E-state index is 13.1. The van der Waals surface area contributed by atoms with Crippen molar-refractivity contribution in [2.24, 2.45) is 0 Å². The van der Waals surface area contributed by atoms with E-state index in [-0.39, 0.29) is 11.4 Å². The number of hydrogen-bond donors (Lipinski definition) is 1. The lowest BCUT2D eigenvalue weighted by Crippen LogP contribution is -2.26. The van der Waals surface area contributed by atoms with Crippen molar-refractivity contribution < 1.29 is 23.8 Å². The quantitative estimate of drug-likeness (QED) is 0.381. The van der Waals surface area contributed by atoms with Gasteiger partial charge in [0.2, 0.25) is 12.0 Å². The molecule has 8 nitrogen and oxygen atoms in total. The van der Waals surface area contributed by atoms with Gasteiger partial charge in [-0.25, -0.2) is 9.78 Å². The number of nitrogens with one attached hydrogen (secondary N) is 1. The monoisotopic (exact) mass is 455 g/mol. The van der Waals surface area contributed by atoms with Gasteiger partial charge >= 0.3 is 5.97 Å². The highest BCUT2D eigenvalue weighted by molar-refractivity contribution is 5.98. The van der Waals surface area contributed by atoms with E-state index in [1.165, 1.54) is 18.5 Å². The number of aromatic nitrogens is 2. The number of anilines is 1. The molecule has 2 heterocycles. The van der Waals surface area contributed by atoms with Gasteiger partial charge in [-0.2, -0.15) is 0 Å². The summed E-state index contributed by atoms with van der Waals surface area (Å²) in [7, 11) is 1.56. The molecule has 170 valence electrons. The van der Waals surface area contributed by atoms with Gasteiger partial charge in [0.05, 0.1) is 13.3 Å². The Morgan fingerprint density at radius 3 is 2.32 bits per heavy atom. The average Bonchev–Trinajstić information content (AvgIpc) is 2.89. The molecule has 0 aliphatic rings. The Hall–Kier alpha value is -4.72. The Kier molecular flexibility index (Phi) is 7.09. The average molecular weight is 455 g/mol. The number of rotatable bonds is 8. The molecule has 1 unspecified atom stereocenters. The van der Waals surface area contributed by atoms with Crippen LogP contribution in [-0.2, 0) is 9.53 Å². The summed E-state index contributed by atoms with van der Waals surface area (Å²) in [5.74, 6) is -0.161. The van der Waals surface area contributed by atoms with Gasteiger partial charge in [-0.15, -0.1) is 0 Å². The van der Waals surface area contributed by atoms with Gasteiger partial charge in [-0.1, -0.05) is 30.3 Å². The minimum absolute atomic E-state index is 0.0443. The summed E-state index contributed by atoms with van der Waals surface area (Å²) in [5.41, 5.74) is 1.12. The van der Waals surface area contributed by atoms with Crippen LogP contribution >= 0.6 is 0 Å². The first-order valence-corrected chi connectivity index (χ1v) is 10.4. The molecule has 1 amide bonds. The van der Waals surface area contributed by atoms with Crippen molar-refractivity contribution in [3.63, 3.8) is 0 Å². The Morgan fingerprint density at radius 1 is 0.853 bits per heavy atom. The molecule has 2 aromatic heterocycles. The number of nitrogens with zero attached hydrogens (tertiary/aromatic N) is 2. The number of amides is 1. The number of pyridine rings is 2. The first kappa shape index (κ1) is 22.5. The van der Waals surface area contributed by atoms with Gasteiger partial charge in [0.25, 0.3) is 5.91 Å². The predicted molar refractivity (Wildman–Crippen MR) is 125 cm³/mol. The van der Waals surface area contributed by atoms with Crippen molar-refractivity contribution >= 4 is 17.6 Å². The largest absolute Gasteiger partial charge is 0.497 e. The lowest BCUT2D eigenvalue weighted by molar-refractivity contribution is -0.125. The number of ether oxygens (including phenoxy) is 3. The maximum Gasteiger partial charge on any atom is 0.344 e. The summed E-state index contributed by atoms with van der Waals surface area (Å²) in [6.45, 7) is 0. The molecule has 2 aromatic carbocycles. The molecule has 0 aliphatic heterocycles. The Labute approximate surface area is 196 Å². The van der Waals surface area contributed by atoms with Crippen LogP contribution in [0, 0.1) is 0 Å². The number of hydrogen-bond acceptors (Lipinski definition) is 7. The molecule has 0 saturated carbocycles. The van der Waals surface area contributed by atoms with Crippen molar-refractivity contribution in [1.82, 2.24) is 9.97 Å². The fourth-order valence-corrected chi connectivity index (χ4v) is 3.10. The summed E-state index contributed by atoms with van der Waals surface area (Å²) in [6.07, 6.45) is 3.39. The highest BCUT2D eigenvalue weighted by atomic mass is 16.6. The molecule has 1 atom stereocenters. The minimum Gasteiger partial charge on any atom is -0.497 e. The highest BCUT2D eigenvalue weighted by Gasteiger charge is 2.27. The number of carbonyl (C=O) groups is 2. The molecule has 0 spiro atoms. The summed E-state index contributed by atoms with van der Waals surface area (Å²) in [5, 5.41) is 2.78. The molecule has 0 bridgehead atoms. The lowest BCUT2D eigenvalue weighted by Gasteiger charge is -2.19. The Bertz CT molecular complexity index is 1250. The highest BCUT2D eigenvalue weighted by Crippen LogP contribution is 2.27. The fraction of sp³-hybridized carbons (Fsp3) is 0.0769. The van der Waals surface area contributed by atoms with Crippen LogP contribution < -0.4 is 14.8 Å². The second kappa shape index (κ2) is 10.7. The Balaban J connectivity index is 1.57. The number of benzene rings is 2. The van der Waals surface area contributed by atoms with E-state index in [1.54, 1.807) is 80.0 Å². The summed E-state index contributed by atoms with van der Waals surface area (Å²) >= 11 is 0. The molecule has 0 aliphatic carbocycles. The topological polar surface area (TPSA) is 99.6 Å². The van der Waals surface area contributed by atoms with E-state index in [1.807, 2.05) is 6.07 Å². The number of esters is 1. The van der Waals surface area contributed by atoms with E-state index >= 15 is 0 Å². The molecule has 1 N–H and O–H groups in total. The van der Waals surface area contributed by atoms with E-state index in [0.717, 1.165) is 0 Å². The number of methoxy groups -OCH3 is 1. The van der Waals surface area contributed by atoms with Crippen molar-refractivity contribution in [2.45, 2.75) is 6.10 Å². The maximum atomic E-state index is 13.1. The van der Waals surface area contributed by atoms with Crippen LogP contribution in [0.2, 0.25) is 0 Å². The zero-order chi connectivity index (χ0) is 23.8. The van der Waals surface area contributed by atoms with Crippen molar-refractivity contribution in [1.29, 1.82) is 0 Å². The van der Waals surface area contributed by atoms with Crippen LogP contribution in [0.25, 0.3) is 0 Å². The van der Waals surface area contributed by atoms with Crippen LogP contribution in [0.15, 0.2) is 97.5 Å². The van der Waals surface area contributed by atoms with E-state index in [2.05, 4.69) is 15.3 Å². The standard InChI is InChI=1S/C26H21N3O5/c1-32-20-13-11-19(12-14-20)29-24(30)23(18-7-3-2-4-8-18)34-26(31)22-10-6-16-28-25(22)33-21-9-5-15-27-17-21/h2-17,23H,1H3,(H,29,30). The molecule has 0 saturated heterocycles. The molecular weight excluding hydrogens is 434 g/mol. The van der Waals surface area contributed by atoms with Gasteiger partial charge in [0.15, 0.2) is 0 Å². The van der Waals surface area contributed by atoms with Gasteiger partial charge in [0, 0.05) is 23.6 Å². The summed E-state index contributed by atoms with van der Waals surface area (Å²) in [4.78, 5) is 34.4. The van der Waals surface area contributed by atoms with Crippen LogP contribution in [0.4, 0.5) is 5.69 Å². The molecule has 8 heteroatoms. The third-order valence-corrected chi connectivity index (χ3v) is 4.76.